The highest BCUT2D eigenvalue weighted by molar-refractivity contribution is 7.47. The number of aliphatic hydroxyl groups excluding tert-OH is 1. The summed E-state index contributed by atoms with van der Waals surface area (Å²) in [4.78, 5) is 72.8. The van der Waals surface area contributed by atoms with Crippen LogP contribution in [0.15, 0.2) is 0 Å². The SMILES string of the molecule is CC(C)CCCCCCCCCCCCCCCCCC(=O)O[C@H](COC(=O)CCCCCCCCCCCCCCCCC(C)C)COP(=O)(O)OCC(O)COP(=O)(O)OC[C@@H](COC(=O)CCCCCCCCCC(C)C)OC(=O)CCCCCCCCCCC(C)C. The van der Waals surface area contributed by atoms with Crippen LogP contribution in [0.3, 0.4) is 0 Å². The molecule has 0 radical (unpaired) electrons. The molecule has 0 aliphatic carbocycles. The zero-order chi connectivity index (χ0) is 71.0. The van der Waals surface area contributed by atoms with Crippen molar-refractivity contribution in [1.29, 1.82) is 0 Å². The van der Waals surface area contributed by atoms with E-state index < -0.39 is 97.5 Å². The third kappa shape index (κ3) is 70.5. The van der Waals surface area contributed by atoms with Gasteiger partial charge in [0.2, 0.25) is 0 Å². The van der Waals surface area contributed by atoms with Gasteiger partial charge in [0.15, 0.2) is 12.2 Å². The molecular formula is C77H150O17P2. The number of unbranched alkanes of at least 4 members (excludes halogenated alkanes) is 40. The van der Waals surface area contributed by atoms with Crippen LogP contribution in [0.1, 0.15) is 389 Å². The maximum absolute atomic E-state index is 13.1. The minimum Gasteiger partial charge on any atom is -0.462 e. The fourth-order valence-corrected chi connectivity index (χ4v) is 13.3. The average molecular weight is 1410 g/mol. The molecule has 0 aliphatic rings. The molecule has 3 unspecified atom stereocenters. The maximum atomic E-state index is 13.1. The van der Waals surface area contributed by atoms with Crippen LogP contribution in [0, 0.1) is 23.7 Å². The third-order valence-electron chi connectivity index (χ3n) is 17.8. The molecule has 0 saturated carbocycles. The van der Waals surface area contributed by atoms with Gasteiger partial charge in [-0.15, -0.1) is 0 Å². The van der Waals surface area contributed by atoms with Crippen molar-refractivity contribution < 1.29 is 80.2 Å². The van der Waals surface area contributed by atoms with Crippen LogP contribution < -0.4 is 0 Å². The lowest BCUT2D eigenvalue weighted by Crippen LogP contribution is -2.30. The lowest BCUT2D eigenvalue weighted by molar-refractivity contribution is -0.161. The van der Waals surface area contributed by atoms with E-state index in [9.17, 15) is 43.2 Å². The molecule has 0 bridgehead atoms. The number of aliphatic hydroxyl groups is 1. The van der Waals surface area contributed by atoms with E-state index >= 15 is 0 Å². The zero-order valence-electron chi connectivity index (χ0n) is 63.0. The summed E-state index contributed by atoms with van der Waals surface area (Å²) in [6.07, 6.45) is 51.5. The first-order chi connectivity index (χ1) is 46.1. The normalized spacial score (nSPS) is 14.1. The zero-order valence-corrected chi connectivity index (χ0v) is 64.8. The molecule has 0 aliphatic heterocycles. The Labute approximate surface area is 588 Å². The van der Waals surface area contributed by atoms with Crippen LogP contribution in [-0.4, -0.2) is 96.7 Å². The molecule has 0 heterocycles. The first-order valence-electron chi connectivity index (χ1n) is 39.7. The molecule has 19 heteroatoms. The first-order valence-corrected chi connectivity index (χ1v) is 42.7. The smallest absolute Gasteiger partial charge is 0.462 e. The van der Waals surface area contributed by atoms with E-state index in [1.165, 1.54) is 186 Å². The van der Waals surface area contributed by atoms with Crippen LogP contribution in [0.5, 0.6) is 0 Å². The first kappa shape index (κ1) is 94.1. The van der Waals surface area contributed by atoms with Gasteiger partial charge in [-0.2, -0.15) is 0 Å². The summed E-state index contributed by atoms with van der Waals surface area (Å²) in [6.45, 7) is 14.2. The predicted octanol–water partition coefficient (Wildman–Crippen LogP) is 22.4. The molecule has 0 amide bonds. The van der Waals surface area contributed by atoms with Crippen molar-refractivity contribution in [2.24, 2.45) is 23.7 Å². The molecular weight excluding hydrogens is 1260 g/mol. The summed E-state index contributed by atoms with van der Waals surface area (Å²) in [5.74, 6) is 0.904. The van der Waals surface area contributed by atoms with Gasteiger partial charge in [-0.25, -0.2) is 9.13 Å². The summed E-state index contributed by atoms with van der Waals surface area (Å²) in [5, 5.41) is 10.6. The quantitative estimate of drug-likeness (QED) is 0.0222. The van der Waals surface area contributed by atoms with Gasteiger partial charge in [0.05, 0.1) is 26.4 Å². The molecule has 96 heavy (non-hydrogen) atoms. The van der Waals surface area contributed by atoms with Crippen LogP contribution in [0.2, 0.25) is 0 Å². The summed E-state index contributed by atoms with van der Waals surface area (Å²) in [7, 11) is -9.91. The molecule has 0 aromatic heterocycles. The number of esters is 4. The van der Waals surface area contributed by atoms with E-state index in [1.807, 2.05) is 0 Å². The van der Waals surface area contributed by atoms with Gasteiger partial charge in [0.1, 0.15) is 19.3 Å². The Morgan fingerprint density at radius 2 is 0.438 bits per heavy atom. The minimum absolute atomic E-state index is 0.103. The lowest BCUT2D eigenvalue weighted by Gasteiger charge is -2.21. The van der Waals surface area contributed by atoms with E-state index in [1.54, 1.807) is 0 Å². The van der Waals surface area contributed by atoms with E-state index in [4.69, 9.17) is 37.0 Å². The Morgan fingerprint density at radius 3 is 0.646 bits per heavy atom. The fourth-order valence-electron chi connectivity index (χ4n) is 11.7. The molecule has 17 nitrogen and oxygen atoms in total. The van der Waals surface area contributed by atoms with Crippen molar-refractivity contribution in [1.82, 2.24) is 0 Å². The van der Waals surface area contributed by atoms with Gasteiger partial charge < -0.3 is 33.8 Å². The number of hydrogen-bond donors (Lipinski definition) is 3. The number of carbonyl (C=O) groups is 4. The molecule has 0 aromatic carbocycles. The Bertz CT molecular complexity index is 1880. The van der Waals surface area contributed by atoms with Crippen molar-refractivity contribution in [2.75, 3.05) is 39.6 Å². The second kappa shape index (κ2) is 66.3. The standard InChI is InChI=1S/C77H150O17P2/c1-67(2)53-45-37-29-22-18-14-10-9-11-17-21-25-34-43-51-59-76(81)93-72(63-87-74(79)57-49-41-33-24-20-16-13-12-15-19-23-30-38-46-54-68(3)4)65-91-95(83,84)89-61-71(78)62-90-96(85,86)92-66-73(64-88-75(80)58-50-42-36-28-32-40-48-56-70(7)8)94-77(82)60-52-44-35-27-26-31-39-47-55-69(5)6/h67-73,78H,9-66H2,1-8H3,(H,83,84)(H,85,86)/t71?,72-,73-/m1/s1. The second-order valence-electron chi connectivity index (χ2n) is 29.7. The number of phosphoric acid groups is 2. The summed E-state index contributed by atoms with van der Waals surface area (Å²) < 4.78 is 68.5. The number of hydrogen-bond acceptors (Lipinski definition) is 15. The number of phosphoric ester groups is 2. The highest BCUT2D eigenvalue weighted by atomic mass is 31.2. The van der Waals surface area contributed by atoms with Crippen molar-refractivity contribution in [3.05, 3.63) is 0 Å². The Hall–Kier alpha value is -1.94. The molecule has 570 valence electrons. The van der Waals surface area contributed by atoms with Crippen molar-refractivity contribution in [3.8, 4) is 0 Å². The Balaban J connectivity index is 5.23. The fraction of sp³-hybridized carbons (Fsp3) is 0.948. The van der Waals surface area contributed by atoms with Crippen LogP contribution in [0.25, 0.3) is 0 Å². The summed E-state index contributed by atoms with van der Waals surface area (Å²) in [5.41, 5.74) is 0. The number of carbonyl (C=O) groups excluding carboxylic acids is 4. The summed E-state index contributed by atoms with van der Waals surface area (Å²) >= 11 is 0. The average Bonchev–Trinajstić information content (AvgIpc) is 1.69. The van der Waals surface area contributed by atoms with Gasteiger partial charge in [0, 0.05) is 25.7 Å². The minimum atomic E-state index is -4.96. The summed E-state index contributed by atoms with van der Waals surface area (Å²) in [6, 6.07) is 0. The van der Waals surface area contributed by atoms with E-state index in [-0.39, 0.29) is 25.7 Å². The van der Waals surface area contributed by atoms with Gasteiger partial charge in [-0.05, 0) is 49.4 Å². The van der Waals surface area contributed by atoms with Crippen LogP contribution >= 0.6 is 15.6 Å². The van der Waals surface area contributed by atoms with Crippen molar-refractivity contribution in [2.45, 2.75) is 408 Å². The van der Waals surface area contributed by atoms with Gasteiger partial charge in [-0.3, -0.25) is 37.3 Å². The molecule has 0 spiro atoms. The highest BCUT2D eigenvalue weighted by Crippen LogP contribution is 2.45. The topological polar surface area (TPSA) is 237 Å². The van der Waals surface area contributed by atoms with E-state index in [2.05, 4.69) is 55.4 Å². The Morgan fingerprint density at radius 1 is 0.260 bits per heavy atom. The molecule has 5 atom stereocenters. The molecule has 3 N–H and O–H groups in total. The maximum Gasteiger partial charge on any atom is 0.472 e. The molecule has 0 fully saturated rings. The van der Waals surface area contributed by atoms with Crippen molar-refractivity contribution in [3.63, 3.8) is 0 Å². The van der Waals surface area contributed by atoms with Crippen LogP contribution in [-0.2, 0) is 65.4 Å². The Kier molecular flexibility index (Phi) is 65.0. The van der Waals surface area contributed by atoms with E-state index in [0.29, 0.717) is 31.6 Å². The van der Waals surface area contributed by atoms with E-state index in [0.717, 1.165) is 114 Å². The monoisotopic (exact) mass is 1410 g/mol. The van der Waals surface area contributed by atoms with Gasteiger partial charge >= 0.3 is 39.5 Å². The molecule has 0 aromatic rings. The van der Waals surface area contributed by atoms with Crippen LogP contribution in [0.4, 0.5) is 0 Å². The molecule has 0 rings (SSSR count). The second-order valence-corrected chi connectivity index (χ2v) is 32.6. The van der Waals surface area contributed by atoms with Gasteiger partial charge in [0.25, 0.3) is 0 Å². The number of rotatable bonds is 74. The van der Waals surface area contributed by atoms with Crippen molar-refractivity contribution >= 4 is 39.5 Å². The third-order valence-corrected chi connectivity index (χ3v) is 19.7. The highest BCUT2D eigenvalue weighted by Gasteiger charge is 2.30. The number of ether oxygens (including phenoxy) is 4. The molecule has 0 saturated heterocycles. The van der Waals surface area contributed by atoms with Gasteiger partial charge in [-0.1, -0.05) is 338 Å². The lowest BCUT2D eigenvalue weighted by atomic mass is 10.0. The largest absolute Gasteiger partial charge is 0.472 e. The predicted molar refractivity (Wildman–Crippen MR) is 391 cm³/mol.